The maximum Gasteiger partial charge on any atom is 0.264 e. The van der Waals surface area contributed by atoms with E-state index in [9.17, 15) is 18.7 Å². The molecule has 0 bridgehead atoms. The van der Waals surface area contributed by atoms with Gasteiger partial charge >= 0.3 is 0 Å². The number of hydrogen-bond acceptors (Lipinski definition) is 6. The molecule has 0 aliphatic carbocycles. The molecule has 1 atom stereocenters. The third-order valence-corrected chi connectivity index (χ3v) is 5.61. The zero-order valence-corrected chi connectivity index (χ0v) is 17.1. The van der Waals surface area contributed by atoms with E-state index < -0.39 is 12.5 Å². The summed E-state index contributed by atoms with van der Waals surface area (Å²) in [6.07, 6.45) is -2.19. The fourth-order valence-electron chi connectivity index (χ4n) is 4.08. The summed E-state index contributed by atoms with van der Waals surface area (Å²) >= 11 is 0. The van der Waals surface area contributed by atoms with E-state index in [4.69, 9.17) is 14.3 Å². The van der Waals surface area contributed by atoms with Crippen molar-refractivity contribution in [3.05, 3.63) is 47.0 Å². The van der Waals surface area contributed by atoms with Gasteiger partial charge in [-0.3, -0.25) is 4.79 Å². The van der Waals surface area contributed by atoms with E-state index in [1.54, 1.807) is 31.2 Å². The van der Waals surface area contributed by atoms with Crippen LogP contribution in [0.4, 0.5) is 8.78 Å². The summed E-state index contributed by atoms with van der Waals surface area (Å²) in [4.78, 5) is 19.6. The molecular formula is C22H22F2N2O5. The lowest BCUT2D eigenvalue weighted by Gasteiger charge is -2.23. The summed E-state index contributed by atoms with van der Waals surface area (Å²) in [6, 6.07) is 7.53. The lowest BCUT2D eigenvalue weighted by molar-refractivity contribution is 0.0675. The Hall–Kier alpha value is -3.20. The van der Waals surface area contributed by atoms with Crippen LogP contribution in [0.15, 0.2) is 35.5 Å². The second-order valence-corrected chi connectivity index (χ2v) is 7.36. The Morgan fingerprint density at radius 3 is 2.74 bits per heavy atom. The summed E-state index contributed by atoms with van der Waals surface area (Å²) in [5, 5.41) is 13.6. The van der Waals surface area contributed by atoms with Gasteiger partial charge in [0.25, 0.3) is 12.3 Å². The van der Waals surface area contributed by atoms with Crippen LogP contribution >= 0.6 is 0 Å². The second kappa shape index (κ2) is 8.50. The van der Waals surface area contributed by atoms with Crippen LogP contribution in [0, 0.1) is 6.92 Å². The molecule has 2 aromatic rings. The van der Waals surface area contributed by atoms with E-state index >= 15 is 0 Å². The predicted molar refractivity (Wildman–Crippen MR) is 109 cm³/mol. The Balaban J connectivity index is 1.74. The van der Waals surface area contributed by atoms with Gasteiger partial charge < -0.3 is 24.3 Å². The summed E-state index contributed by atoms with van der Waals surface area (Å²) in [5.74, 6) is 0.260. The van der Waals surface area contributed by atoms with Crippen molar-refractivity contribution in [3.8, 4) is 22.6 Å². The van der Waals surface area contributed by atoms with Crippen LogP contribution in [-0.2, 0) is 4.84 Å². The van der Waals surface area contributed by atoms with Gasteiger partial charge in [-0.15, -0.1) is 0 Å². The molecule has 164 valence electrons. The fourth-order valence-corrected chi connectivity index (χ4v) is 4.08. The van der Waals surface area contributed by atoms with E-state index in [1.165, 1.54) is 18.1 Å². The van der Waals surface area contributed by atoms with Crippen molar-refractivity contribution in [2.75, 3.05) is 27.1 Å². The van der Waals surface area contributed by atoms with Gasteiger partial charge in [-0.2, -0.15) is 0 Å². The third-order valence-electron chi connectivity index (χ3n) is 5.61. The summed E-state index contributed by atoms with van der Waals surface area (Å²) in [7, 11) is 1.42. The normalized spacial score (nSPS) is 18.8. The highest BCUT2D eigenvalue weighted by atomic mass is 19.3. The van der Waals surface area contributed by atoms with Gasteiger partial charge in [0, 0.05) is 17.5 Å². The molecule has 1 N–H and O–H groups in total. The quantitative estimate of drug-likeness (QED) is 0.731. The highest BCUT2D eigenvalue weighted by molar-refractivity contribution is 6.03. The summed E-state index contributed by atoms with van der Waals surface area (Å²) < 4.78 is 37.9. The number of carbonyl (C=O) groups excluding carboxylic acids is 1. The molecule has 2 aliphatic heterocycles. The summed E-state index contributed by atoms with van der Waals surface area (Å²) in [5.41, 5.74) is 2.47. The van der Waals surface area contributed by atoms with Crippen LogP contribution in [0.5, 0.6) is 11.5 Å². The van der Waals surface area contributed by atoms with E-state index in [1.807, 2.05) is 0 Å². The first kappa shape index (κ1) is 21.0. The van der Waals surface area contributed by atoms with Crippen LogP contribution in [0.2, 0.25) is 0 Å². The lowest BCUT2D eigenvalue weighted by Crippen LogP contribution is -2.38. The number of alkyl halides is 2. The first-order valence-electron chi connectivity index (χ1n) is 9.77. The van der Waals surface area contributed by atoms with Crippen LogP contribution in [0.1, 0.15) is 34.3 Å². The molecule has 9 heteroatoms. The number of aliphatic hydroxyl groups excluding tert-OH is 1. The second-order valence-electron chi connectivity index (χ2n) is 7.36. The van der Waals surface area contributed by atoms with Crippen LogP contribution in [0.25, 0.3) is 11.1 Å². The van der Waals surface area contributed by atoms with Crippen LogP contribution < -0.4 is 9.47 Å². The maximum atomic E-state index is 13.4. The molecule has 4 rings (SSSR count). The van der Waals surface area contributed by atoms with E-state index in [2.05, 4.69) is 5.16 Å². The Bertz CT molecular complexity index is 1040. The molecule has 0 saturated carbocycles. The number of oxime groups is 1. The number of rotatable bonds is 5. The first-order valence-corrected chi connectivity index (χ1v) is 9.77. The number of amides is 1. The lowest BCUT2D eigenvalue weighted by atomic mass is 9.94. The van der Waals surface area contributed by atoms with Gasteiger partial charge in [0.05, 0.1) is 30.5 Å². The number of fused-ring (bicyclic) bond motifs is 1. The van der Waals surface area contributed by atoms with Gasteiger partial charge in [0.1, 0.15) is 7.11 Å². The number of nitrogens with zero attached hydrogens (tertiary/aromatic N) is 2. The average molecular weight is 432 g/mol. The van der Waals surface area contributed by atoms with E-state index in [0.29, 0.717) is 34.6 Å². The van der Waals surface area contributed by atoms with Crippen molar-refractivity contribution in [3.63, 3.8) is 0 Å². The van der Waals surface area contributed by atoms with Crippen molar-refractivity contribution in [2.24, 2.45) is 5.16 Å². The number of aliphatic hydroxyl groups is 1. The Kier molecular flexibility index (Phi) is 5.77. The van der Waals surface area contributed by atoms with E-state index in [0.717, 1.165) is 0 Å². The van der Waals surface area contributed by atoms with Crippen molar-refractivity contribution in [2.45, 2.75) is 25.8 Å². The molecule has 2 aromatic carbocycles. The maximum absolute atomic E-state index is 13.4. The molecule has 7 nitrogen and oxygen atoms in total. The molecule has 1 unspecified atom stereocenters. The van der Waals surface area contributed by atoms with Gasteiger partial charge in [-0.25, -0.2) is 8.78 Å². The molecule has 0 aromatic heterocycles. The largest absolute Gasteiger partial charge is 0.453 e. The smallest absolute Gasteiger partial charge is 0.264 e. The van der Waals surface area contributed by atoms with Crippen molar-refractivity contribution < 1.29 is 33.0 Å². The molecule has 0 radical (unpaired) electrons. The van der Waals surface area contributed by atoms with Crippen molar-refractivity contribution in [1.29, 1.82) is 0 Å². The van der Waals surface area contributed by atoms with Crippen molar-refractivity contribution in [1.82, 2.24) is 4.90 Å². The van der Waals surface area contributed by atoms with Gasteiger partial charge in [-0.1, -0.05) is 23.4 Å². The molecule has 31 heavy (non-hydrogen) atoms. The minimum Gasteiger partial charge on any atom is -0.453 e. The predicted octanol–water partition coefficient (Wildman–Crippen LogP) is 3.54. The molecular weight excluding hydrogens is 410 g/mol. The number of ether oxygens (including phenoxy) is 2. The topological polar surface area (TPSA) is 80.6 Å². The van der Waals surface area contributed by atoms with Crippen molar-refractivity contribution >= 4 is 11.6 Å². The van der Waals surface area contributed by atoms with Gasteiger partial charge in [-0.05, 0) is 30.2 Å². The highest BCUT2D eigenvalue weighted by Gasteiger charge is 2.36. The standard InChI is InChI=1S/C22H22F2N2O5/c1-12-15(4-3-5-16(12)21(23)24)17-6-7-18(20-19(17)30-11-31-20)22(28)26-9-13(25-29-2)8-14(26)10-27/h3-7,14,21,27H,8-11H2,1-2H3/b25-13+. The Morgan fingerprint density at radius 2 is 2.03 bits per heavy atom. The first-order chi connectivity index (χ1) is 15.0. The highest BCUT2D eigenvalue weighted by Crippen LogP contribution is 2.46. The number of benzene rings is 2. The molecule has 1 amide bonds. The Labute approximate surface area is 177 Å². The SMILES string of the molecule is CO/N=C1\CC(CO)N(C(=O)c2ccc(-c3cccc(C(F)F)c3C)c3c2OCO3)C1. The number of likely N-dealkylation sites (tertiary alicyclic amines) is 1. The fraction of sp³-hybridized carbons (Fsp3) is 0.364. The minimum absolute atomic E-state index is 0.0573. The van der Waals surface area contributed by atoms with Gasteiger partial charge in [0.15, 0.2) is 11.5 Å². The Morgan fingerprint density at radius 1 is 1.26 bits per heavy atom. The monoisotopic (exact) mass is 432 g/mol. The molecule has 2 aliphatic rings. The minimum atomic E-state index is -2.60. The van der Waals surface area contributed by atoms with Gasteiger partial charge in [0.2, 0.25) is 6.79 Å². The molecule has 1 fully saturated rings. The summed E-state index contributed by atoms with van der Waals surface area (Å²) in [6.45, 7) is 1.56. The molecule has 2 heterocycles. The molecule has 0 spiro atoms. The number of halogens is 2. The number of carbonyl (C=O) groups is 1. The van der Waals surface area contributed by atoms with Crippen LogP contribution in [-0.4, -0.2) is 54.7 Å². The zero-order valence-electron chi connectivity index (χ0n) is 17.1. The van der Waals surface area contributed by atoms with Crippen LogP contribution in [0.3, 0.4) is 0 Å². The molecule has 1 saturated heterocycles. The number of hydrogen-bond donors (Lipinski definition) is 1. The van der Waals surface area contributed by atoms with E-state index in [-0.39, 0.29) is 42.7 Å². The zero-order chi connectivity index (χ0) is 22.1. The third kappa shape index (κ3) is 3.69. The average Bonchev–Trinajstić information content (AvgIpc) is 3.40.